The first-order chi connectivity index (χ1) is 21.4. The number of ether oxygens (including phenoxy) is 2. The molecule has 0 radical (unpaired) electrons. The summed E-state index contributed by atoms with van der Waals surface area (Å²) >= 11 is 13.7. The average molecular weight is 642 g/mol. The van der Waals surface area contributed by atoms with Crippen molar-refractivity contribution in [2.75, 3.05) is 6.61 Å². The molecule has 220 valence electrons. The zero-order valence-corrected chi connectivity index (χ0v) is 25.9. The molecule has 0 N–H and O–H groups in total. The van der Waals surface area contributed by atoms with Gasteiger partial charge in [-0.05, 0) is 54.5 Å². The van der Waals surface area contributed by atoms with Gasteiger partial charge in [0, 0.05) is 21.2 Å². The third kappa shape index (κ3) is 6.13. The van der Waals surface area contributed by atoms with Crippen LogP contribution in [0.2, 0.25) is 10.0 Å². The molecule has 0 fully saturated rings. The zero-order valence-electron chi connectivity index (χ0n) is 23.6. The van der Waals surface area contributed by atoms with Crippen LogP contribution >= 0.6 is 34.5 Å². The third-order valence-corrected chi connectivity index (χ3v) is 8.69. The standard InChI is InChI=1S/C35H26Cl2N2O4S/c1-2-42-34(41)30-31(23-8-4-3-5-9-23)38-35-39(32(30)24-14-16-26(36)17-15-24)33(40)29(44-35)20-22-12-18-27(19-13-22)43-21-25-10-6-7-11-28(25)37/h3-20,32H,2,21H2,1H3/b29-20-. The summed E-state index contributed by atoms with van der Waals surface area (Å²) in [7, 11) is 0. The first-order valence-electron chi connectivity index (χ1n) is 13.9. The average Bonchev–Trinajstić information content (AvgIpc) is 3.35. The van der Waals surface area contributed by atoms with E-state index in [4.69, 9.17) is 37.7 Å². The number of hydrogen-bond acceptors (Lipinski definition) is 6. The number of rotatable bonds is 8. The number of nitrogens with zero attached hydrogens (tertiary/aromatic N) is 2. The first-order valence-corrected chi connectivity index (χ1v) is 15.5. The summed E-state index contributed by atoms with van der Waals surface area (Å²) in [5.74, 6) is 0.148. The molecule has 6 rings (SSSR count). The molecule has 9 heteroatoms. The molecule has 5 aromatic rings. The van der Waals surface area contributed by atoms with Crippen LogP contribution in [0.3, 0.4) is 0 Å². The van der Waals surface area contributed by atoms with Gasteiger partial charge in [-0.15, -0.1) is 0 Å². The maximum absolute atomic E-state index is 14.0. The lowest BCUT2D eigenvalue weighted by molar-refractivity contribution is -0.138. The summed E-state index contributed by atoms with van der Waals surface area (Å²) in [5.41, 5.74) is 3.67. The molecule has 1 aliphatic rings. The molecule has 1 aromatic heterocycles. The zero-order chi connectivity index (χ0) is 30.6. The van der Waals surface area contributed by atoms with E-state index in [-0.39, 0.29) is 12.2 Å². The lowest BCUT2D eigenvalue weighted by atomic mass is 9.93. The Morgan fingerprint density at radius 2 is 1.64 bits per heavy atom. The molecule has 4 aromatic carbocycles. The summed E-state index contributed by atoms with van der Waals surface area (Å²) in [5, 5.41) is 1.20. The van der Waals surface area contributed by atoms with Crippen molar-refractivity contribution < 1.29 is 14.3 Å². The second-order valence-electron chi connectivity index (χ2n) is 9.93. The molecule has 0 saturated carbocycles. The molecule has 1 unspecified atom stereocenters. The third-order valence-electron chi connectivity index (χ3n) is 7.09. The molecular weight excluding hydrogens is 615 g/mol. The van der Waals surface area contributed by atoms with Crippen LogP contribution in [0.25, 0.3) is 11.8 Å². The number of hydrogen-bond donors (Lipinski definition) is 0. The van der Waals surface area contributed by atoms with Gasteiger partial charge in [0.05, 0.1) is 28.5 Å². The van der Waals surface area contributed by atoms with Gasteiger partial charge in [-0.1, -0.05) is 107 Å². The highest BCUT2D eigenvalue weighted by Gasteiger charge is 2.35. The predicted octanol–water partition coefficient (Wildman–Crippen LogP) is 6.82. The molecule has 0 amide bonds. The molecule has 44 heavy (non-hydrogen) atoms. The van der Waals surface area contributed by atoms with E-state index in [1.54, 1.807) is 23.6 Å². The Bertz CT molecular complexity index is 2030. The van der Waals surface area contributed by atoms with E-state index in [0.29, 0.717) is 48.6 Å². The molecule has 0 saturated heterocycles. The molecule has 1 aliphatic heterocycles. The minimum absolute atomic E-state index is 0.181. The monoisotopic (exact) mass is 640 g/mol. The van der Waals surface area contributed by atoms with Gasteiger partial charge in [0.25, 0.3) is 5.56 Å². The molecule has 1 atom stereocenters. The van der Waals surface area contributed by atoms with Crippen LogP contribution in [0.15, 0.2) is 118 Å². The maximum Gasteiger partial charge on any atom is 0.338 e. The molecule has 0 aliphatic carbocycles. The molecule has 6 nitrogen and oxygen atoms in total. The number of carbonyl (C=O) groups excluding carboxylic acids is 1. The summed E-state index contributed by atoms with van der Waals surface area (Å²) < 4.78 is 13.5. The van der Waals surface area contributed by atoms with Crippen LogP contribution in [-0.2, 0) is 16.1 Å². The summed E-state index contributed by atoms with van der Waals surface area (Å²) in [4.78, 5) is 32.9. The van der Waals surface area contributed by atoms with Crippen molar-refractivity contribution in [3.05, 3.63) is 161 Å². The second-order valence-corrected chi connectivity index (χ2v) is 11.8. The highest BCUT2D eigenvalue weighted by molar-refractivity contribution is 7.07. The van der Waals surface area contributed by atoms with Crippen LogP contribution in [0.5, 0.6) is 5.75 Å². The van der Waals surface area contributed by atoms with E-state index in [9.17, 15) is 9.59 Å². The van der Waals surface area contributed by atoms with E-state index >= 15 is 0 Å². The van der Waals surface area contributed by atoms with Gasteiger partial charge >= 0.3 is 5.97 Å². The normalized spacial score (nSPS) is 14.6. The van der Waals surface area contributed by atoms with Gasteiger partial charge in [0.2, 0.25) is 0 Å². The Morgan fingerprint density at radius 1 is 0.932 bits per heavy atom. The van der Waals surface area contributed by atoms with Crippen LogP contribution in [0.4, 0.5) is 0 Å². The number of fused-ring (bicyclic) bond motifs is 1. The van der Waals surface area contributed by atoms with E-state index in [0.717, 1.165) is 16.7 Å². The van der Waals surface area contributed by atoms with E-state index in [1.165, 1.54) is 11.3 Å². The van der Waals surface area contributed by atoms with Crippen LogP contribution in [-0.4, -0.2) is 17.1 Å². The van der Waals surface area contributed by atoms with Crippen molar-refractivity contribution in [1.29, 1.82) is 0 Å². The highest BCUT2D eigenvalue weighted by atomic mass is 35.5. The van der Waals surface area contributed by atoms with E-state index in [1.807, 2.05) is 97.1 Å². The van der Waals surface area contributed by atoms with Crippen molar-refractivity contribution in [2.45, 2.75) is 19.6 Å². The van der Waals surface area contributed by atoms with Crippen LogP contribution < -0.4 is 19.6 Å². The topological polar surface area (TPSA) is 69.9 Å². The van der Waals surface area contributed by atoms with Crippen molar-refractivity contribution >= 4 is 52.3 Å². The fraction of sp³-hybridized carbons (Fsp3) is 0.114. The number of carbonyl (C=O) groups is 1. The number of esters is 1. The first kappa shape index (κ1) is 29.6. The lowest BCUT2D eigenvalue weighted by Gasteiger charge is -2.25. The smallest absolute Gasteiger partial charge is 0.338 e. The second kappa shape index (κ2) is 13.1. The van der Waals surface area contributed by atoms with Gasteiger partial charge in [0.15, 0.2) is 4.80 Å². The Labute approximate surface area is 267 Å². The lowest BCUT2D eigenvalue weighted by Crippen LogP contribution is -2.40. The Kier molecular flexibility index (Phi) is 8.79. The largest absolute Gasteiger partial charge is 0.489 e. The Morgan fingerprint density at radius 3 is 2.34 bits per heavy atom. The van der Waals surface area contributed by atoms with Gasteiger partial charge in [-0.2, -0.15) is 0 Å². The highest BCUT2D eigenvalue weighted by Crippen LogP contribution is 2.35. The molecule has 2 heterocycles. The quantitative estimate of drug-likeness (QED) is 0.175. The minimum Gasteiger partial charge on any atom is -0.489 e. The number of thiazole rings is 1. The van der Waals surface area contributed by atoms with Crippen molar-refractivity contribution in [2.24, 2.45) is 4.99 Å². The van der Waals surface area contributed by atoms with Gasteiger partial charge in [-0.25, -0.2) is 9.79 Å². The Balaban J connectivity index is 1.43. The van der Waals surface area contributed by atoms with Crippen molar-refractivity contribution in [3.63, 3.8) is 0 Å². The van der Waals surface area contributed by atoms with Crippen molar-refractivity contribution in [1.82, 2.24) is 4.57 Å². The SMILES string of the molecule is CCOC(=O)C1=C(c2ccccc2)N=c2s/c(=C\c3ccc(OCc4ccccc4Cl)cc3)c(=O)n2C1c1ccc(Cl)cc1. The predicted molar refractivity (Wildman–Crippen MR) is 175 cm³/mol. The Hall–Kier alpha value is -4.43. The molecule has 0 bridgehead atoms. The summed E-state index contributed by atoms with van der Waals surface area (Å²) in [6.07, 6.45) is 1.82. The maximum atomic E-state index is 14.0. The number of benzene rings is 4. The minimum atomic E-state index is -0.763. The van der Waals surface area contributed by atoms with Gasteiger partial charge in [0.1, 0.15) is 12.4 Å². The van der Waals surface area contributed by atoms with Crippen LogP contribution in [0.1, 0.15) is 35.2 Å². The van der Waals surface area contributed by atoms with E-state index in [2.05, 4.69) is 0 Å². The van der Waals surface area contributed by atoms with Gasteiger partial charge in [-0.3, -0.25) is 9.36 Å². The van der Waals surface area contributed by atoms with Gasteiger partial charge < -0.3 is 9.47 Å². The van der Waals surface area contributed by atoms with Crippen molar-refractivity contribution in [3.8, 4) is 5.75 Å². The summed E-state index contributed by atoms with van der Waals surface area (Å²) in [6.45, 7) is 2.27. The summed E-state index contributed by atoms with van der Waals surface area (Å²) in [6, 6.07) is 30.8. The van der Waals surface area contributed by atoms with E-state index < -0.39 is 12.0 Å². The molecular formula is C35H26Cl2N2O4S. The fourth-order valence-corrected chi connectivity index (χ4v) is 6.31. The number of halogens is 2. The molecule has 0 spiro atoms. The number of aromatic nitrogens is 1. The van der Waals surface area contributed by atoms with Crippen LogP contribution in [0, 0.1) is 0 Å². The fourth-order valence-electron chi connectivity index (χ4n) is 4.99.